The molecule has 2 rings (SSSR count). The highest BCUT2D eigenvalue weighted by Gasteiger charge is 2.42. The molecule has 0 radical (unpaired) electrons. The molecule has 1 aromatic carbocycles. The second kappa shape index (κ2) is 5.93. The molecule has 0 aliphatic heterocycles. The summed E-state index contributed by atoms with van der Waals surface area (Å²) >= 11 is 0. The van der Waals surface area contributed by atoms with Crippen LogP contribution < -0.4 is 4.74 Å². The zero-order valence-corrected chi connectivity index (χ0v) is 12.2. The Kier molecular flexibility index (Phi) is 4.48. The van der Waals surface area contributed by atoms with E-state index in [4.69, 9.17) is 4.74 Å². The minimum Gasteiger partial charge on any atom is -0.496 e. The van der Waals surface area contributed by atoms with Crippen LogP contribution in [0.5, 0.6) is 5.75 Å². The number of methoxy groups -OCH3 is 1. The molecule has 1 fully saturated rings. The van der Waals surface area contributed by atoms with Crippen LogP contribution in [0.15, 0.2) is 24.3 Å². The first-order valence-electron chi connectivity index (χ1n) is 7.08. The normalized spacial score (nSPS) is 27.5. The van der Waals surface area contributed by atoms with Gasteiger partial charge in [0.15, 0.2) is 0 Å². The molecule has 0 heterocycles. The van der Waals surface area contributed by atoms with Gasteiger partial charge in [0.05, 0.1) is 12.7 Å². The van der Waals surface area contributed by atoms with Crippen LogP contribution in [0.4, 0.5) is 0 Å². The van der Waals surface area contributed by atoms with Crippen molar-refractivity contribution in [1.82, 2.24) is 4.90 Å². The van der Waals surface area contributed by atoms with Gasteiger partial charge >= 0.3 is 0 Å². The topological polar surface area (TPSA) is 32.7 Å². The van der Waals surface area contributed by atoms with Crippen molar-refractivity contribution < 1.29 is 9.84 Å². The van der Waals surface area contributed by atoms with Gasteiger partial charge in [0.2, 0.25) is 0 Å². The number of benzene rings is 1. The summed E-state index contributed by atoms with van der Waals surface area (Å²) in [5.41, 5.74) is 0.193. The predicted octanol–water partition coefficient (Wildman–Crippen LogP) is 2.63. The van der Waals surface area contributed by atoms with Gasteiger partial charge in [-0.2, -0.15) is 0 Å². The van der Waals surface area contributed by atoms with Gasteiger partial charge < -0.3 is 14.7 Å². The molecule has 0 bridgehead atoms. The third-order valence-corrected chi connectivity index (χ3v) is 4.19. The number of para-hydroxylation sites is 1. The minimum atomic E-state index is -0.755. The number of rotatable bonds is 4. The quantitative estimate of drug-likeness (QED) is 0.906. The molecular formula is C16H25NO2. The van der Waals surface area contributed by atoms with Crippen LogP contribution in [0.2, 0.25) is 0 Å². The van der Waals surface area contributed by atoms with E-state index in [0.717, 1.165) is 37.1 Å². The van der Waals surface area contributed by atoms with Crippen LogP contribution in [-0.2, 0) is 5.60 Å². The Hall–Kier alpha value is -1.06. The van der Waals surface area contributed by atoms with E-state index in [1.54, 1.807) is 7.11 Å². The second-order valence-electron chi connectivity index (χ2n) is 5.83. The highest BCUT2D eigenvalue weighted by atomic mass is 16.5. The summed E-state index contributed by atoms with van der Waals surface area (Å²) < 4.78 is 5.44. The fraction of sp³-hybridized carbons (Fsp3) is 0.625. The molecule has 3 heteroatoms. The fourth-order valence-electron chi connectivity index (χ4n) is 3.27. The highest BCUT2D eigenvalue weighted by Crippen LogP contribution is 2.45. The lowest BCUT2D eigenvalue weighted by molar-refractivity contribution is -0.0632. The number of ether oxygens (including phenoxy) is 1. The molecule has 0 saturated heterocycles. The van der Waals surface area contributed by atoms with E-state index in [-0.39, 0.29) is 5.92 Å². The van der Waals surface area contributed by atoms with Crippen molar-refractivity contribution in [3.8, 4) is 5.75 Å². The van der Waals surface area contributed by atoms with Gasteiger partial charge in [-0.1, -0.05) is 31.0 Å². The lowest BCUT2D eigenvalue weighted by Gasteiger charge is -2.42. The largest absolute Gasteiger partial charge is 0.496 e. The summed E-state index contributed by atoms with van der Waals surface area (Å²) in [6.45, 7) is 0.911. The van der Waals surface area contributed by atoms with Gasteiger partial charge in [-0.25, -0.2) is 0 Å². The molecule has 19 heavy (non-hydrogen) atoms. The molecule has 0 spiro atoms. The first kappa shape index (κ1) is 14.4. The summed E-state index contributed by atoms with van der Waals surface area (Å²) in [4.78, 5) is 2.16. The number of hydrogen-bond donors (Lipinski definition) is 1. The molecule has 0 amide bonds. The van der Waals surface area contributed by atoms with Gasteiger partial charge in [0.25, 0.3) is 0 Å². The van der Waals surface area contributed by atoms with Gasteiger partial charge in [-0.15, -0.1) is 0 Å². The molecule has 1 aliphatic carbocycles. The molecule has 1 aromatic rings. The predicted molar refractivity (Wildman–Crippen MR) is 77.4 cm³/mol. The maximum atomic E-state index is 11.3. The molecule has 1 N–H and O–H groups in total. The molecule has 2 unspecified atom stereocenters. The van der Waals surface area contributed by atoms with Gasteiger partial charge in [-0.05, 0) is 33.0 Å². The van der Waals surface area contributed by atoms with Crippen molar-refractivity contribution in [3.63, 3.8) is 0 Å². The van der Waals surface area contributed by atoms with Gasteiger partial charge in [0, 0.05) is 18.0 Å². The lowest BCUT2D eigenvalue weighted by atomic mass is 9.71. The SMILES string of the molecule is COc1ccccc1C1(O)CCCCC1CN(C)C. The molecule has 0 aromatic heterocycles. The Balaban J connectivity index is 2.36. The van der Waals surface area contributed by atoms with Crippen molar-refractivity contribution in [2.24, 2.45) is 5.92 Å². The number of aliphatic hydroxyl groups is 1. The molecule has 3 nitrogen and oxygen atoms in total. The maximum Gasteiger partial charge on any atom is 0.124 e. The van der Waals surface area contributed by atoms with E-state index < -0.39 is 5.60 Å². The standard InChI is InChI=1S/C16H25NO2/c1-17(2)12-13-8-6-7-11-16(13,18)14-9-4-5-10-15(14)19-3/h4-5,9-10,13,18H,6-8,11-12H2,1-3H3. The smallest absolute Gasteiger partial charge is 0.124 e. The molecular weight excluding hydrogens is 238 g/mol. The average molecular weight is 263 g/mol. The Morgan fingerprint density at radius 2 is 2.05 bits per heavy atom. The Labute approximate surface area is 116 Å². The van der Waals surface area contributed by atoms with Crippen LogP contribution in [0.3, 0.4) is 0 Å². The van der Waals surface area contributed by atoms with E-state index in [9.17, 15) is 5.11 Å². The first-order chi connectivity index (χ1) is 9.08. The van der Waals surface area contributed by atoms with E-state index in [1.165, 1.54) is 6.42 Å². The van der Waals surface area contributed by atoms with Crippen molar-refractivity contribution in [2.45, 2.75) is 31.3 Å². The van der Waals surface area contributed by atoms with Gasteiger partial charge in [0.1, 0.15) is 5.75 Å². The van der Waals surface area contributed by atoms with E-state index in [0.29, 0.717) is 0 Å². The van der Waals surface area contributed by atoms with Crippen LogP contribution in [0.25, 0.3) is 0 Å². The first-order valence-corrected chi connectivity index (χ1v) is 7.08. The average Bonchev–Trinajstić information content (AvgIpc) is 2.41. The Morgan fingerprint density at radius 3 is 2.74 bits per heavy atom. The van der Waals surface area contributed by atoms with Crippen LogP contribution in [-0.4, -0.2) is 37.8 Å². The van der Waals surface area contributed by atoms with Crippen LogP contribution in [0.1, 0.15) is 31.2 Å². The Morgan fingerprint density at radius 1 is 1.32 bits per heavy atom. The molecule has 1 aliphatic rings. The summed E-state index contributed by atoms with van der Waals surface area (Å²) in [6, 6.07) is 7.88. The minimum absolute atomic E-state index is 0.271. The summed E-state index contributed by atoms with van der Waals surface area (Å²) in [6.07, 6.45) is 4.19. The summed E-state index contributed by atoms with van der Waals surface area (Å²) in [5.74, 6) is 1.07. The second-order valence-corrected chi connectivity index (χ2v) is 5.83. The van der Waals surface area contributed by atoms with Crippen molar-refractivity contribution in [3.05, 3.63) is 29.8 Å². The number of nitrogens with zero attached hydrogens (tertiary/aromatic N) is 1. The molecule has 1 saturated carbocycles. The fourth-order valence-corrected chi connectivity index (χ4v) is 3.27. The summed E-state index contributed by atoms with van der Waals surface area (Å²) in [7, 11) is 5.81. The van der Waals surface area contributed by atoms with Gasteiger partial charge in [-0.3, -0.25) is 0 Å². The zero-order valence-electron chi connectivity index (χ0n) is 12.2. The van der Waals surface area contributed by atoms with Crippen LogP contribution >= 0.6 is 0 Å². The Bertz CT molecular complexity index is 419. The van der Waals surface area contributed by atoms with Crippen molar-refractivity contribution >= 4 is 0 Å². The highest BCUT2D eigenvalue weighted by molar-refractivity contribution is 5.38. The number of hydrogen-bond acceptors (Lipinski definition) is 3. The monoisotopic (exact) mass is 263 g/mol. The molecule has 106 valence electrons. The molecule has 2 atom stereocenters. The lowest BCUT2D eigenvalue weighted by Crippen LogP contribution is -2.43. The van der Waals surface area contributed by atoms with E-state index in [1.807, 2.05) is 24.3 Å². The van der Waals surface area contributed by atoms with Crippen molar-refractivity contribution in [1.29, 1.82) is 0 Å². The maximum absolute atomic E-state index is 11.3. The van der Waals surface area contributed by atoms with E-state index in [2.05, 4.69) is 19.0 Å². The van der Waals surface area contributed by atoms with Crippen LogP contribution in [0, 0.1) is 5.92 Å². The summed E-state index contributed by atoms with van der Waals surface area (Å²) in [5, 5.41) is 11.3. The third-order valence-electron chi connectivity index (χ3n) is 4.19. The van der Waals surface area contributed by atoms with E-state index >= 15 is 0 Å². The zero-order chi connectivity index (χ0) is 13.9. The third kappa shape index (κ3) is 2.93. The van der Waals surface area contributed by atoms with Crippen molar-refractivity contribution in [2.75, 3.05) is 27.7 Å².